The maximum absolute atomic E-state index is 4.48. The van der Waals surface area contributed by atoms with E-state index in [2.05, 4.69) is 69.0 Å². The topological polar surface area (TPSA) is 50.7 Å². The van der Waals surface area contributed by atoms with Crippen LogP contribution in [0, 0.1) is 0 Å². The molecular weight excluding hydrogens is 388 g/mol. The van der Waals surface area contributed by atoms with Gasteiger partial charge >= 0.3 is 0 Å². The summed E-state index contributed by atoms with van der Waals surface area (Å²) < 4.78 is 0. The zero-order valence-electron chi connectivity index (χ0n) is 16.3. The number of anilines is 2. The van der Waals surface area contributed by atoms with E-state index in [4.69, 9.17) is 0 Å². The highest BCUT2D eigenvalue weighted by atomic mass is 32.1. The second-order valence-electron chi connectivity index (χ2n) is 7.05. The Morgan fingerprint density at radius 3 is 2.40 bits per heavy atom. The van der Waals surface area contributed by atoms with Crippen LogP contribution in [-0.2, 0) is 12.8 Å². The summed E-state index contributed by atoms with van der Waals surface area (Å²) >= 11 is 1.58. The van der Waals surface area contributed by atoms with Gasteiger partial charge < -0.3 is 5.32 Å². The fraction of sp³-hybridized carbons (Fsp3) is 0.0800. The highest BCUT2D eigenvalue weighted by molar-refractivity contribution is 7.18. The molecule has 3 aromatic carbocycles. The fourth-order valence-electron chi connectivity index (χ4n) is 3.62. The maximum Gasteiger partial charge on any atom is 0.210 e. The average Bonchev–Trinajstić information content (AvgIpc) is 3.27. The summed E-state index contributed by atoms with van der Waals surface area (Å²) in [6, 6.07) is 29.0. The molecule has 0 bridgehead atoms. The Kier molecular flexibility index (Phi) is 5.19. The molecule has 0 saturated carbocycles. The molecule has 0 aliphatic rings. The molecule has 0 aliphatic heterocycles. The summed E-state index contributed by atoms with van der Waals surface area (Å²) in [6.07, 6.45) is 3.79. The first kappa shape index (κ1) is 18.5. The van der Waals surface area contributed by atoms with Crippen molar-refractivity contribution in [2.24, 2.45) is 0 Å². The van der Waals surface area contributed by atoms with Gasteiger partial charge in [0, 0.05) is 22.8 Å². The Labute approximate surface area is 179 Å². The van der Waals surface area contributed by atoms with E-state index < -0.39 is 0 Å². The molecule has 0 amide bonds. The van der Waals surface area contributed by atoms with E-state index in [1.165, 1.54) is 16.5 Å². The summed E-state index contributed by atoms with van der Waals surface area (Å²) in [7, 11) is 0. The van der Waals surface area contributed by atoms with E-state index in [0.717, 1.165) is 39.7 Å². The van der Waals surface area contributed by atoms with Crippen LogP contribution in [0.1, 0.15) is 11.1 Å². The van der Waals surface area contributed by atoms with E-state index >= 15 is 0 Å². The first-order valence-electron chi connectivity index (χ1n) is 9.93. The van der Waals surface area contributed by atoms with Crippen molar-refractivity contribution in [1.82, 2.24) is 15.2 Å². The van der Waals surface area contributed by atoms with Crippen molar-refractivity contribution in [3.63, 3.8) is 0 Å². The predicted octanol–water partition coefficient (Wildman–Crippen LogP) is 6.28. The van der Waals surface area contributed by atoms with Crippen molar-refractivity contribution >= 4 is 33.1 Å². The molecule has 0 unspecified atom stereocenters. The van der Waals surface area contributed by atoms with Crippen LogP contribution in [0.2, 0.25) is 0 Å². The normalized spacial score (nSPS) is 10.9. The standard InChI is InChI=1S/C25H20N4S/c1-2-9-20(10-3-1)27-25-29-28-24(30-25)22-12-5-4-8-18(22)14-15-19-16-17-26-23-13-7-6-11-21(19)23/h1-13,16-17H,14-15H2,(H,27,29). The maximum atomic E-state index is 4.48. The molecule has 30 heavy (non-hydrogen) atoms. The number of fused-ring (bicyclic) bond motifs is 1. The van der Waals surface area contributed by atoms with E-state index in [0.29, 0.717) is 0 Å². The van der Waals surface area contributed by atoms with Gasteiger partial charge in [-0.05, 0) is 48.2 Å². The molecule has 0 spiro atoms. The molecule has 5 rings (SSSR count). The second-order valence-corrected chi connectivity index (χ2v) is 8.03. The quantitative estimate of drug-likeness (QED) is 0.359. The van der Waals surface area contributed by atoms with E-state index in [9.17, 15) is 0 Å². The predicted molar refractivity (Wildman–Crippen MR) is 124 cm³/mol. The number of hydrogen-bond acceptors (Lipinski definition) is 5. The molecule has 4 nitrogen and oxygen atoms in total. The van der Waals surface area contributed by atoms with Crippen molar-refractivity contribution in [2.75, 3.05) is 5.32 Å². The number of pyridine rings is 1. The van der Waals surface area contributed by atoms with Crippen LogP contribution in [0.5, 0.6) is 0 Å². The zero-order valence-corrected chi connectivity index (χ0v) is 17.1. The number of rotatable bonds is 6. The van der Waals surface area contributed by atoms with E-state index in [1.54, 1.807) is 11.3 Å². The Bertz CT molecular complexity index is 1280. The lowest BCUT2D eigenvalue weighted by Gasteiger charge is -2.09. The molecule has 0 fully saturated rings. The highest BCUT2D eigenvalue weighted by Gasteiger charge is 2.12. The molecule has 0 atom stereocenters. The number of aryl methyl sites for hydroxylation is 2. The Morgan fingerprint density at radius 1 is 0.700 bits per heavy atom. The minimum atomic E-state index is 0.797. The molecule has 1 N–H and O–H groups in total. The molecular formula is C25H20N4S. The first-order chi connectivity index (χ1) is 14.9. The van der Waals surface area contributed by atoms with E-state index in [-0.39, 0.29) is 0 Å². The first-order valence-corrected chi connectivity index (χ1v) is 10.7. The summed E-state index contributed by atoms with van der Waals surface area (Å²) in [5.74, 6) is 0. The van der Waals surface area contributed by atoms with Gasteiger partial charge in [0.05, 0.1) is 5.52 Å². The second kappa shape index (κ2) is 8.43. The minimum absolute atomic E-state index is 0.797. The van der Waals surface area contributed by atoms with Gasteiger partial charge in [-0.2, -0.15) is 0 Å². The average molecular weight is 409 g/mol. The third kappa shape index (κ3) is 3.93. The lowest BCUT2D eigenvalue weighted by Crippen LogP contribution is -1.96. The van der Waals surface area contributed by atoms with Crippen LogP contribution in [-0.4, -0.2) is 15.2 Å². The van der Waals surface area contributed by atoms with Crippen molar-refractivity contribution < 1.29 is 0 Å². The number of hydrogen-bond donors (Lipinski definition) is 1. The number of nitrogens with one attached hydrogen (secondary N) is 1. The van der Waals surface area contributed by atoms with Gasteiger partial charge in [-0.3, -0.25) is 4.98 Å². The monoisotopic (exact) mass is 408 g/mol. The Hall–Kier alpha value is -3.57. The summed E-state index contributed by atoms with van der Waals surface area (Å²) in [4.78, 5) is 4.48. The SMILES string of the molecule is c1ccc(Nc2nnc(-c3ccccc3CCc3ccnc4ccccc34)s2)cc1. The van der Waals surface area contributed by atoms with Gasteiger partial charge in [0.2, 0.25) is 5.13 Å². The fourth-order valence-corrected chi connectivity index (χ4v) is 4.44. The third-order valence-electron chi connectivity index (χ3n) is 5.10. The number of aromatic nitrogens is 3. The smallest absolute Gasteiger partial charge is 0.210 e. The van der Waals surface area contributed by atoms with Crippen LogP contribution in [0.4, 0.5) is 10.8 Å². The molecule has 5 aromatic rings. The summed E-state index contributed by atoms with van der Waals surface area (Å²) in [5, 5.41) is 15.1. The largest absolute Gasteiger partial charge is 0.330 e. The minimum Gasteiger partial charge on any atom is -0.330 e. The van der Waals surface area contributed by atoms with Crippen LogP contribution >= 0.6 is 11.3 Å². The number of para-hydroxylation sites is 2. The van der Waals surface area contributed by atoms with Gasteiger partial charge in [0.1, 0.15) is 5.01 Å². The third-order valence-corrected chi connectivity index (χ3v) is 5.97. The van der Waals surface area contributed by atoms with Gasteiger partial charge in [0.25, 0.3) is 0 Å². The molecule has 146 valence electrons. The summed E-state index contributed by atoms with van der Waals surface area (Å²) in [5.41, 5.74) is 5.80. The molecule has 0 aliphatic carbocycles. The van der Waals surface area contributed by atoms with Crippen molar-refractivity contribution in [3.8, 4) is 10.6 Å². The molecule has 0 saturated heterocycles. The van der Waals surface area contributed by atoms with Crippen LogP contribution in [0.15, 0.2) is 91.1 Å². The van der Waals surface area contributed by atoms with Crippen molar-refractivity contribution in [1.29, 1.82) is 0 Å². The zero-order chi connectivity index (χ0) is 20.2. The van der Waals surface area contributed by atoms with Crippen LogP contribution in [0.3, 0.4) is 0 Å². The Morgan fingerprint density at radius 2 is 1.47 bits per heavy atom. The lowest BCUT2D eigenvalue weighted by atomic mass is 9.98. The molecule has 2 heterocycles. The van der Waals surface area contributed by atoms with Crippen LogP contribution in [0.25, 0.3) is 21.5 Å². The molecule has 5 heteroatoms. The lowest BCUT2D eigenvalue weighted by molar-refractivity contribution is 0.966. The number of nitrogens with zero attached hydrogens (tertiary/aromatic N) is 3. The summed E-state index contributed by atoms with van der Waals surface area (Å²) in [6.45, 7) is 0. The van der Waals surface area contributed by atoms with Gasteiger partial charge in [0.15, 0.2) is 0 Å². The van der Waals surface area contributed by atoms with E-state index in [1.807, 2.05) is 42.6 Å². The van der Waals surface area contributed by atoms with Gasteiger partial charge in [-0.15, -0.1) is 10.2 Å². The van der Waals surface area contributed by atoms with Crippen LogP contribution < -0.4 is 5.32 Å². The molecule has 0 radical (unpaired) electrons. The van der Waals surface area contributed by atoms with Crippen molar-refractivity contribution in [2.45, 2.75) is 12.8 Å². The number of benzene rings is 3. The van der Waals surface area contributed by atoms with Gasteiger partial charge in [-0.25, -0.2) is 0 Å². The highest BCUT2D eigenvalue weighted by Crippen LogP contribution is 2.31. The van der Waals surface area contributed by atoms with Crippen molar-refractivity contribution in [3.05, 3.63) is 102 Å². The molecule has 2 aromatic heterocycles. The Balaban J connectivity index is 1.38. The van der Waals surface area contributed by atoms with Gasteiger partial charge in [-0.1, -0.05) is 72.0 Å².